The van der Waals surface area contributed by atoms with Gasteiger partial charge in [0.15, 0.2) is 5.66 Å². The zero-order valence-electron chi connectivity index (χ0n) is 18.1. The summed E-state index contributed by atoms with van der Waals surface area (Å²) >= 11 is 0. The Morgan fingerprint density at radius 1 is 1.23 bits per heavy atom. The van der Waals surface area contributed by atoms with Crippen LogP contribution in [-0.4, -0.2) is 61.8 Å². The van der Waals surface area contributed by atoms with Gasteiger partial charge in [0.25, 0.3) is 0 Å². The first kappa shape index (κ1) is 26.1. The lowest BCUT2D eigenvalue weighted by Gasteiger charge is -2.32. The number of rotatable bonds is 12. The Kier molecular flexibility index (Phi) is 9.50. The first-order valence-corrected chi connectivity index (χ1v) is 11.4. The van der Waals surface area contributed by atoms with E-state index in [2.05, 4.69) is 9.46 Å². The summed E-state index contributed by atoms with van der Waals surface area (Å²) in [5, 5.41) is 0. The third-order valence-electron chi connectivity index (χ3n) is 4.05. The molecule has 1 fully saturated rings. The number of unbranched alkanes of at least 4 members (excludes halogenated alkanes) is 2. The highest BCUT2D eigenvalue weighted by Gasteiger charge is 2.45. The van der Waals surface area contributed by atoms with E-state index in [0.29, 0.717) is 17.3 Å². The van der Waals surface area contributed by atoms with Gasteiger partial charge in [0.1, 0.15) is 12.2 Å². The predicted molar refractivity (Wildman–Crippen MR) is 107 cm³/mol. The number of carbonyl (C=O) groups excluding carboxylic acids is 3. The Morgan fingerprint density at radius 3 is 2.43 bits per heavy atom. The maximum absolute atomic E-state index is 12.7. The normalized spacial score (nSPS) is 16.7. The fourth-order valence-corrected chi connectivity index (χ4v) is 3.84. The lowest BCUT2D eigenvalue weighted by molar-refractivity contribution is -0.162. The van der Waals surface area contributed by atoms with Crippen LogP contribution in [0.25, 0.3) is 0 Å². The summed E-state index contributed by atoms with van der Waals surface area (Å²) in [5.41, 5.74) is 3.07. The Hall–Kier alpha value is -1.92. The van der Waals surface area contributed by atoms with E-state index in [9.17, 15) is 22.8 Å². The molecule has 0 spiro atoms. The van der Waals surface area contributed by atoms with Crippen molar-refractivity contribution in [3.8, 4) is 0 Å². The van der Waals surface area contributed by atoms with Crippen LogP contribution in [-0.2, 0) is 34.0 Å². The predicted octanol–water partition coefficient (Wildman–Crippen LogP) is 1.17. The Bertz CT molecular complexity index is 719. The van der Waals surface area contributed by atoms with E-state index in [0.717, 1.165) is 12.8 Å². The van der Waals surface area contributed by atoms with Crippen molar-refractivity contribution in [2.45, 2.75) is 77.5 Å². The number of nitrogens with zero attached hydrogens (tertiary/aromatic N) is 1. The smallest absolute Gasteiger partial charge is 0.424 e. The molecule has 0 bridgehead atoms. The Morgan fingerprint density at radius 2 is 1.90 bits per heavy atom. The van der Waals surface area contributed by atoms with E-state index < -0.39 is 33.5 Å². The molecule has 174 valence electrons. The average Bonchev–Trinajstić information content (AvgIpc) is 3.04. The summed E-state index contributed by atoms with van der Waals surface area (Å²) in [7, 11) is -4.44. The maximum Gasteiger partial charge on any atom is 0.424 e. The SMILES string of the molecule is CCCCOC(=O)CCCCC(N)(NS(=O)(=O)N1CCOC1=O)C(=O)OC(C)(C)C. The minimum absolute atomic E-state index is 0.0934. The lowest BCUT2D eigenvalue weighted by Crippen LogP contribution is -2.65. The fraction of sp³-hybridized carbons (Fsp3) is 0.833. The summed E-state index contributed by atoms with van der Waals surface area (Å²) in [5.74, 6) is -1.36. The van der Waals surface area contributed by atoms with Gasteiger partial charge >= 0.3 is 28.2 Å². The molecule has 1 aliphatic rings. The highest BCUT2D eigenvalue weighted by molar-refractivity contribution is 7.87. The molecular weight excluding hydrogens is 418 g/mol. The second-order valence-corrected chi connectivity index (χ2v) is 9.64. The van der Waals surface area contributed by atoms with E-state index >= 15 is 0 Å². The van der Waals surface area contributed by atoms with Gasteiger partial charge in [0.05, 0.1) is 13.2 Å². The van der Waals surface area contributed by atoms with Crippen molar-refractivity contribution in [3.63, 3.8) is 0 Å². The first-order valence-electron chi connectivity index (χ1n) is 9.97. The highest BCUT2D eigenvalue weighted by Crippen LogP contribution is 2.20. The Balaban J connectivity index is 2.80. The van der Waals surface area contributed by atoms with Gasteiger partial charge in [0.2, 0.25) is 0 Å². The molecule has 1 rings (SSSR count). The number of cyclic esters (lactones) is 1. The summed E-state index contributed by atoms with van der Waals surface area (Å²) in [6.45, 7) is 6.89. The molecule has 0 aromatic rings. The highest BCUT2D eigenvalue weighted by atomic mass is 32.2. The molecule has 11 nitrogen and oxygen atoms in total. The van der Waals surface area contributed by atoms with Crippen LogP contribution in [0, 0.1) is 0 Å². The maximum atomic E-state index is 12.7. The lowest BCUT2D eigenvalue weighted by atomic mass is 10.0. The van der Waals surface area contributed by atoms with Gasteiger partial charge in [-0.25, -0.2) is 9.59 Å². The summed E-state index contributed by atoms with van der Waals surface area (Å²) in [6.07, 6.45) is 1.17. The standard InChI is InChI=1S/C18H33N3O8S/c1-5-6-12-27-14(22)9-7-8-10-18(19,15(23)29-17(2,3)4)20-30(25,26)21-11-13-28-16(21)24/h20H,5-13,19H2,1-4H3. The Labute approximate surface area is 177 Å². The minimum atomic E-state index is -4.44. The minimum Gasteiger partial charge on any atom is -0.466 e. The van der Waals surface area contributed by atoms with E-state index in [-0.39, 0.29) is 38.4 Å². The second kappa shape index (κ2) is 10.9. The van der Waals surface area contributed by atoms with Crippen molar-refractivity contribution in [1.82, 2.24) is 9.03 Å². The largest absolute Gasteiger partial charge is 0.466 e. The average molecular weight is 452 g/mol. The summed E-state index contributed by atoms with van der Waals surface area (Å²) in [6, 6.07) is 0. The molecule has 1 amide bonds. The van der Waals surface area contributed by atoms with Crippen molar-refractivity contribution < 1.29 is 37.0 Å². The molecule has 1 unspecified atom stereocenters. The van der Waals surface area contributed by atoms with Crippen LogP contribution in [0.5, 0.6) is 0 Å². The number of amides is 1. The molecular formula is C18H33N3O8S. The van der Waals surface area contributed by atoms with Crippen molar-refractivity contribution >= 4 is 28.2 Å². The van der Waals surface area contributed by atoms with Gasteiger partial charge in [0, 0.05) is 6.42 Å². The summed E-state index contributed by atoms with van der Waals surface area (Å²) in [4.78, 5) is 36.0. The molecule has 30 heavy (non-hydrogen) atoms. The van der Waals surface area contributed by atoms with Gasteiger partial charge < -0.3 is 19.9 Å². The third kappa shape index (κ3) is 8.44. The number of carbonyl (C=O) groups is 3. The molecule has 12 heteroatoms. The molecule has 0 aromatic heterocycles. The fourth-order valence-electron chi connectivity index (χ4n) is 2.52. The molecule has 0 aliphatic carbocycles. The second-order valence-electron chi connectivity index (χ2n) is 8.05. The molecule has 0 radical (unpaired) electrons. The van der Waals surface area contributed by atoms with E-state index in [1.165, 1.54) is 0 Å². The van der Waals surface area contributed by atoms with Gasteiger partial charge in [-0.3, -0.25) is 4.79 Å². The van der Waals surface area contributed by atoms with E-state index in [1.54, 1.807) is 20.8 Å². The van der Waals surface area contributed by atoms with Crippen LogP contribution >= 0.6 is 0 Å². The monoisotopic (exact) mass is 451 g/mol. The van der Waals surface area contributed by atoms with Gasteiger partial charge in [-0.05, 0) is 46.5 Å². The molecule has 1 aliphatic heterocycles. The molecule has 0 aromatic carbocycles. The molecule has 0 saturated carbocycles. The van der Waals surface area contributed by atoms with Crippen LogP contribution < -0.4 is 10.5 Å². The van der Waals surface area contributed by atoms with Crippen molar-refractivity contribution in [1.29, 1.82) is 0 Å². The molecule has 3 N–H and O–H groups in total. The van der Waals surface area contributed by atoms with Gasteiger partial charge in [-0.1, -0.05) is 13.3 Å². The van der Waals surface area contributed by atoms with Crippen LogP contribution in [0.3, 0.4) is 0 Å². The zero-order chi connectivity index (χ0) is 23.0. The van der Waals surface area contributed by atoms with Crippen molar-refractivity contribution in [2.75, 3.05) is 19.8 Å². The van der Waals surface area contributed by atoms with Crippen LogP contribution in [0.4, 0.5) is 4.79 Å². The molecule has 1 saturated heterocycles. The third-order valence-corrected chi connectivity index (χ3v) is 5.59. The van der Waals surface area contributed by atoms with Crippen molar-refractivity contribution in [2.24, 2.45) is 5.73 Å². The number of hydrogen-bond donors (Lipinski definition) is 2. The summed E-state index contributed by atoms with van der Waals surface area (Å²) < 4.78 is 42.6. The number of hydrogen-bond acceptors (Lipinski definition) is 9. The number of nitrogens with one attached hydrogen (secondary N) is 1. The molecule has 1 atom stereocenters. The van der Waals surface area contributed by atoms with E-state index in [1.807, 2.05) is 6.92 Å². The van der Waals surface area contributed by atoms with Gasteiger partial charge in [-0.15, -0.1) is 0 Å². The number of esters is 2. The quantitative estimate of drug-likeness (QED) is 0.192. The number of ether oxygens (including phenoxy) is 3. The van der Waals surface area contributed by atoms with Crippen LogP contribution in [0.1, 0.15) is 66.2 Å². The van der Waals surface area contributed by atoms with Crippen molar-refractivity contribution in [3.05, 3.63) is 0 Å². The number of nitrogens with two attached hydrogens (primary N) is 1. The topological polar surface area (TPSA) is 154 Å². The van der Waals surface area contributed by atoms with Crippen LogP contribution in [0.2, 0.25) is 0 Å². The first-order chi connectivity index (χ1) is 13.8. The molecule has 1 heterocycles. The van der Waals surface area contributed by atoms with Gasteiger partial charge in [-0.2, -0.15) is 17.4 Å². The van der Waals surface area contributed by atoms with E-state index in [4.69, 9.17) is 15.2 Å². The zero-order valence-corrected chi connectivity index (χ0v) is 18.9. The van der Waals surface area contributed by atoms with Crippen LogP contribution in [0.15, 0.2) is 0 Å².